The third-order valence-corrected chi connectivity index (χ3v) is 1.63. The minimum absolute atomic E-state index is 0.215. The number of hydrogen-bond acceptors (Lipinski definition) is 0. The summed E-state index contributed by atoms with van der Waals surface area (Å²) in [5.41, 5.74) is 1.87. The van der Waals surface area contributed by atoms with Gasteiger partial charge in [-0.3, -0.25) is 0 Å². The highest BCUT2D eigenvalue weighted by atomic mass is 19.1. The number of aromatic amines is 1. The fourth-order valence-electron chi connectivity index (χ4n) is 1.16. The van der Waals surface area contributed by atoms with Gasteiger partial charge in [0.1, 0.15) is 5.82 Å². The van der Waals surface area contributed by atoms with E-state index in [1.165, 1.54) is 12.1 Å². The van der Waals surface area contributed by atoms with Gasteiger partial charge in [0.2, 0.25) is 0 Å². The van der Waals surface area contributed by atoms with Gasteiger partial charge >= 0.3 is 0 Å². The van der Waals surface area contributed by atoms with Crippen LogP contribution >= 0.6 is 0 Å². The van der Waals surface area contributed by atoms with E-state index in [0.717, 1.165) is 16.6 Å². The first-order valence-electron chi connectivity index (χ1n) is 3.43. The van der Waals surface area contributed by atoms with Gasteiger partial charge in [-0.25, -0.2) is 4.39 Å². The highest BCUT2D eigenvalue weighted by molar-refractivity contribution is 5.79. The second-order valence-corrected chi connectivity index (χ2v) is 2.56. The fraction of sp³-hybridized carbons (Fsp3) is 0.111. The van der Waals surface area contributed by atoms with Crippen molar-refractivity contribution in [2.45, 2.75) is 6.92 Å². The number of aryl methyl sites for hydroxylation is 1. The van der Waals surface area contributed by atoms with Crippen LogP contribution in [0.25, 0.3) is 10.9 Å². The molecule has 0 amide bonds. The molecule has 0 saturated carbocycles. The van der Waals surface area contributed by atoms with E-state index < -0.39 is 0 Å². The molecule has 0 aliphatic carbocycles. The predicted octanol–water partition coefficient (Wildman–Crippen LogP) is 2.42. The summed E-state index contributed by atoms with van der Waals surface area (Å²) < 4.78 is 12.6. The third-order valence-electron chi connectivity index (χ3n) is 1.63. The Bertz CT molecular complexity index is 389. The number of aromatic nitrogens is 1. The van der Waals surface area contributed by atoms with E-state index in [9.17, 15) is 4.39 Å². The van der Waals surface area contributed by atoms with Crippen molar-refractivity contribution in [2.75, 3.05) is 0 Å². The average Bonchev–Trinajstić information content (AvgIpc) is 2.27. The minimum Gasteiger partial charge on any atom is -0.358 e. The van der Waals surface area contributed by atoms with Gasteiger partial charge < -0.3 is 4.98 Å². The molecule has 11 heavy (non-hydrogen) atoms. The van der Waals surface area contributed by atoms with E-state index in [4.69, 9.17) is 0 Å². The molecule has 0 aliphatic heterocycles. The molecule has 1 radical (unpaired) electrons. The van der Waals surface area contributed by atoms with Crippen molar-refractivity contribution in [2.24, 2.45) is 0 Å². The molecule has 2 heteroatoms. The number of benzene rings is 1. The highest BCUT2D eigenvalue weighted by Gasteiger charge is 1.97. The molecular weight excluding hydrogens is 141 g/mol. The summed E-state index contributed by atoms with van der Waals surface area (Å²) in [5, 5.41) is 0.808. The monoisotopic (exact) mass is 148 g/mol. The predicted molar refractivity (Wildman–Crippen MR) is 41.8 cm³/mol. The van der Waals surface area contributed by atoms with Crippen LogP contribution in [0, 0.1) is 18.8 Å². The number of halogens is 1. The highest BCUT2D eigenvalue weighted by Crippen LogP contribution is 2.14. The van der Waals surface area contributed by atoms with Crippen LogP contribution in [-0.2, 0) is 0 Å². The molecule has 0 fully saturated rings. The van der Waals surface area contributed by atoms with Crippen molar-refractivity contribution >= 4 is 10.9 Å². The van der Waals surface area contributed by atoms with Gasteiger partial charge in [-0.15, -0.1) is 0 Å². The molecule has 1 aromatic heterocycles. The number of H-pyrrole nitrogens is 1. The lowest BCUT2D eigenvalue weighted by Gasteiger charge is -1.87. The summed E-state index contributed by atoms with van der Waals surface area (Å²) >= 11 is 0. The number of rotatable bonds is 0. The number of hydrogen-bond donors (Lipinski definition) is 1. The summed E-state index contributed by atoms with van der Waals surface area (Å²) in [7, 11) is 0. The first-order chi connectivity index (χ1) is 5.25. The van der Waals surface area contributed by atoms with E-state index in [1.807, 2.05) is 6.92 Å². The molecule has 1 aromatic carbocycles. The molecule has 55 valence electrons. The van der Waals surface area contributed by atoms with Gasteiger partial charge in [-0.2, -0.15) is 0 Å². The molecule has 2 rings (SSSR count). The third kappa shape index (κ3) is 1.00. The first-order valence-corrected chi connectivity index (χ1v) is 3.43. The molecule has 1 nitrogen and oxygen atoms in total. The van der Waals surface area contributed by atoms with Gasteiger partial charge in [0.15, 0.2) is 0 Å². The van der Waals surface area contributed by atoms with E-state index in [-0.39, 0.29) is 5.82 Å². The van der Waals surface area contributed by atoms with Crippen LogP contribution in [0.4, 0.5) is 4.39 Å². The van der Waals surface area contributed by atoms with E-state index >= 15 is 0 Å². The largest absolute Gasteiger partial charge is 0.358 e. The van der Waals surface area contributed by atoms with Crippen molar-refractivity contribution in [3.63, 3.8) is 0 Å². The van der Waals surface area contributed by atoms with E-state index in [1.54, 1.807) is 6.07 Å². The molecule has 1 heterocycles. The fourth-order valence-corrected chi connectivity index (χ4v) is 1.16. The maximum Gasteiger partial charge on any atom is 0.123 e. The second-order valence-electron chi connectivity index (χ2n) is 2.56. The molecule has 0 spiro atoms. The van der Waals surface area contributed by atoms with Gasteiger partial charge in [-0.05, 0) is 25.1 Å². The van der Waals surface area contributed by atoms with Crippen molar-refractivity contribution in [1.82, 2.24) is 4.98 Å². The normalized spacial score (nSPS) is 10.7. The Morgan fingerprint density at radius 3 is 3.09 bits per heavy atom. The van der Waals surface area contributed by atoms with Crippen LogP contribution in [0.2, 0.25) is 0 Å². The summed E-state index contributed by atoms with van der Waals surface area (Å²) in [5.74, 6) is -0.215. The zero-order chi connectivity index (χ0) is 7.84. The molecule has 0 saturated heterocycles. The van der Waals surface area contributed by atoms with Gasteiger partial charge in [0.25, 0.3) is 0 Å². The van der Waals surface area contributed by atoms with Crippen LogP contribution in [0.5, 0.6) is 0 Å². The number of fused-ring (bicyclic) bond motifs is 1. The van der Waals surface area contributed by atoms with Crippen molar-refractivity contribution in [3.8, 4) is 0 Å². The van der Waals surface area contributed by atoms with Crippen molar-refractivity contribution < 1.29 is 4.39 Å². The first kappa shape index (κ1) is 6.40. The maximum atomic E-state index is 12.6. The van der Waals surface area contributed by atoms with Gasteiger partial charge in [0, 0.05) is 22.7 Å². The molecule has 0 unspecified atom stereocenters. The van der Waals surface area contributed by atoms with Crippen LogP contribution in [0.15, 0.2) is 18.2 Å². The molecule has 0 bridgehead atoms. The van der Waals surface area contributed by atoms with Crippen molar-refractivity contribution in [1.29, 1.82) is 0 Å². The van der Waals surface area contributed by atoms with E-state index in [0.29, 0.717) is 0 Å². The zero-order valence-electron chi connectivity index (χ0n) is 6.11. The molecule has 0 atom stereocenters. The summed E-state index contributed by atoms with van der Waals surface area (Å²) in [4.78, 5) is 3.06. The molecular formula is C9H7FN. The van der Waals surface area contributed by atoms with Crippen molar-refractivity contribution in [3.05, 3.63) is 35.8 Å². The standard InChI is InChI=1S/C9H7FN/c1-6-4-7-5-8(10)2-3-9(7)11-6/h2-3,5,11H,1H3. The maximum absolute atomic E-state index is 12.6. The zero-order valence-corrected chi connectivity index (χ0v) is 6.11. The summed E-state index contributed by atoms with van der Waals surface area (Å²) in [6.07, 6.45) is 0. The summed E-state index contributed by atoms with van der Waals surface area (Å²) in [6, 6.07) is 7.63. The Morgan fingerprint density at radius 1 is 1.45 bits per heavy atom. The minimum atomic E-state index is -0.215. The Hall–Kier alpha value is -1.31. The molecule has 2 aromatic rings. The SMILES string of the molecule is Cc1[c]c2cc(F)ccc2[nH]1. The Kier molecular flexibility index (Phi) is 1.22. The smallest absolute Gasteiger partial charge is 0.123 e. The average molecular weight is 148 g/mol. The van der Waals surface area contributed by atoms with Crippen LogP contribution in [-0.4, -0.2) is 4.98 Å². The van der Waals surface area contributed by atoms with Crippen LogP contribution < -0.4 is 0 Å². The number of nitrogens with one attached hydrogen (secondary N) is 1. The molecule has 0 aliphatic rings. The summed E-state index contributed by atoms with van der Waals surface area (Å²) in [6.45, 7) is 1.90. The van der Waals surface area contributed by atoms with Gasteiger partial charge in [0.05, 0.1) is 0 Å². The quantitative estimate of drug-likeness (QED) is 0.590. The second kappa shape index (κ2) is 2.09. The Morgan fingerprint density at radius 2 is 2.27 bits per heavy atom. The molecule has 1 N–H and O–H groups in total. The lowest BCUT2D eigenvalue weighted by molar-refractivity contribution is 0.629. The Labute approximate surface area is 63.9 Å². The topological polar surface area (TPSA) is 15.8 Å². The van der Waals surface area contributed by atoms with Gasteiger partial charge in [-0.1, -0.05) is 0 Å². The Balaban J connectivity index is 2.82. The lowest BCUT2D eigenvalue weighted by Crippen LogP contribution is -1.71. The van der Waals surface area contributed by atoms with Crippen LogP contribution in [0.1, 0.15) is 5.69 Å². The van der Waals surface area contributed by atoms with Crippen LogP contribution in [0.3, 0.4) is 0 Å². The van der Waals surface area contributed by atoms with E-state index in [2.05, 4.69) is 11.1 Å². The lowest BCUT2D eigenvalue weighted by atomic mass is 10.2.